The molecule has 152 valence electrons. The number of methoxy groups -OCH3 is 3. The van der Waals surface area contributed by atoms with Crippen molar-refractivity contribution in [3.63, 3.8) is 0 Å². The summed E-state index contributed by atoms with van der Waals surface area (Å²) in [7, 11) is 4.64. The number of halogens is 1. The first-order valence-electron chi connectivity index (χ1n) is 8.93. The first-order chi connectivity index (χ1) is 13.4. The molecule has 2 aromatic carbocycles. The molecule has 0 aliphatic carbocycles. The Bertz CT molecular complexity index is 825. The Kier molecular flexibility index (Phi) is 7.81. The highest BCUT2D eigenvalue weighted by Crippen LogP contribution is 2.39. The lowest BCUT2D eigenvalue weighted by Gasteiger charge is -2.19. The van der Waals surface area contributed by atoms with Crippen LogP contribution in [-0.2, 0) is 11.3 Å². The highest BCUT2D eigenvalue weighted by molar-refractivity contribution is 6.31. The van der Waals surface area contributed by atoms with Gasteiger partial charge in [0.1, 0.15) is 5.75 Å². The fourth-order valence-corrected chi connectivity index (χ4v) is 2.89. The maximum Gasteiger partial charge on any atom is 0.261 e. The van der Waals surface area contributed by atoms with Gasteiger partial charge in [-0.1, -0.05) is 18.5 Å². The van der Waals surface area contributed by atoms with Crippen LogP contribution in [0.25, 0.3) is 0 Å². The number of aryl methyl sites for hydroxylation is 1. The summed E-state index contributed by atoms with van der Waals surface area (Å²) < 4.78 is 21.9. The number of hydrogen-bond donors (Lipinski definition) is 1. The molecule has 0 spiro atoms. The Balaban J connectivity index is 2.10. The summed E-state index contributed by atoms with van der Waals surface area (Å²) in [6.45, 7) is 4.05. The standard InChI is InChI=1S/C21H26ClNO5/c1-6-17(28-15-8-9-16(22)13(2)11-15)21(24)23-12-14-7-10-18(25-3)20(27-5)19(14)26-4/h7-11,17H,6,12H2,1-5H3,(H,23,24)/t17-/m0/s1. The summed E-state index contributed by atoms with van der Waals surface area (Å²) in [4.78, 5) is 12.6. The van der Waals surface area contributed by atoms with Gasteiger partial charge in [-0.2, -0.15) is 0 Å². The molecule has 7 heteroatoms. The summed E-state index contributed by atoms with van der Waals surface area (Å²) in [6, 6.07) is 8.92. The zero-order chi connectivity index (χ0) is 20.7. The lowest BCUT2D eigenvalue weighted by atomic mass is 10.1. The average molecular weight is 408 g/mol. The number of carbonyl (C=O) groups is 1. The molecule has 0 aliphatic heterocycles. The van der Waals surface area contributed by atoms with E-state index in [0.717, 1.165) is 11.1 Å². The van der Waals surface area contributed by atoms with Crippen molar-refractivity contribution in [1.29, 1.82) is 0 Å². The predicted octanol–water partition coefficient (Wildman–Crippen LogP) is 4.15. The normalized spacial score (nSPS) is 11.5. The summed E-state index contributed by atoms with van der Waals surface area (Å²) in [6.07, 6.45) is -0.0944. The first kappa shape index (κ1) is 21.7. The average Bonchev–Trinajstić information content (AvgIpc) is 2.71. The number of benzene rings is 2. The minimum Gasteiger partial charge on any atom is -0.493 e. The number of ether oxygens (including phenoxy) is 4. The highest BCUT2D eigenvalue weighted by atomic mass is 35.5. The van der Waals surface area contributed by atoms with Crippen molar-refractivity contribution in [1.82, 2.24) is 5.32 Å². The van der Waals surface area contributed by atoms with Crippen molar-refractivity contribution in [2.75, 3.05) is 21.3 Å². The highest BCUT2D eigenvalue weighted by Gasteiger charge is 2.21. The molecule has 0 aromatic heterocycles. The van der Waals surface area contributed by atoms with E-state index in [1.165, 1.54) is 7.11 Å². The SMILES string of the molecule is CC[C@H](Oc1ccc(Cl)c(C)c1)C(=O)NCc1ccc(OC)c(OC)c1OC. The van der Waals surface area contributed by atoms with E-state index < -0.39 is 6.10 Å². The van der Waals surface area contributed by atoms with E-state index in [0.29, 0.717) is 34.4 Å². The third kappa shape index (κ3) is 5.01. The smallest absolute Gasteiger partial charge is 0.261 e. The van der Waals surface area contributed by atoms with Crippen LogP contribution in [0.4, 0.5) is 0 Å². The van der Waals surface area contributed by atoms with Gasteiger partial charge in [0.15, 0.2) is 17.6 Å². The molecule has 0 radical (unpaired) electrons. The van der Waals surface area contributed by atoms with E-state index in [2.05, 4.69) is 5.32 Å². The molecule has 28 heavy (non-hydrogen) atoms. The topological polar surface area (TPSA) is 66.0 Å². The molecule has 0 saturated heterocycles. The second-order valence-corrected chi connectivity index (χ2v) is 6.54. The largest absolute Gasteiger partial charge is 0.493 e. The van der Waals surface area contributed by atoms with Crippen LogP contribution in [0.3, 0.4) is 0 Å². The van der Waals surface area contributed by atoms with E-state index >= 15 is 0 Å². The third-order valence-corrected chi connectivity index (χ3v) is 4.73. The Morgan fingerprint density at radius 3 is 2.36 bits per heavy atom. The van der Waals surface area contributed by atoms with Gasteiger partial charge in [-0.25, -0.2) is 0 Å². The Labute approximate surface area is 170 Å². The van der Waals surface area contributed by atoms with Gasteiger partial charge in [-0.3, -0.25) is 4.79 Å². The van der Waals surface area contributed by atoms with Crippen LogP contribution in [0.5, 0.6) is 23.0 Å². The monoisotopic (exact) mass is 407 g/mol. The number of hydrogen-bond acceptors (Lipinski definition) is 5. The second-order valence-electron chi connectivity index (χ2n) is 6.14. The number of rotatable bonds is 9. The fourth-order valence-electron chi connectivity index (χ4n) is 2.78. The van der Waals surface area contributed by atoms with Gasteiger partial charge in [0, 0.05) is 17.1 Å². The van der Waals surface area contributed by atoms with Crippen molar-refractivity contribution < 1.29 is 23.7 Å². The van der Waals surface area contributed by atoms with E-state index in [-0.39, 0.29) is 12.5 Å². The zero-order valence-electron chi connectivity index (χ0n) is 16.8. The number of carbonyl (C=O) groups excluding carboxylic acids is 1. The summed E-state index contributed by atoms with van der Waals surface area (Å²) in [5, 5.41) is 3.55. The number of nitrogens with one attached hydrogen (secondary N) is 1. The van der Waals surface area contributed by atoms with Crippen molar-refractivity contribution in [3.8, 4) is 23.0 Å². The van der Waals surface area contributed by atoms with Crippen molar-refractivity contribution in [2.24, 2.45) is 0 Å². The molecule has 6 nitrogen and oxygen atoms in total. The Hall–Kier alpha value is -2.60. The third-order valence-electron chi connectivity index (χ3n) is 4.31. The van der Waals surface area contributed by atoms with E-state index in [1.807, 2.05) is 26.0 Å². The fraction of sp³-hybridized carbons (Fsp3) is 0.381. The Morgan fingerprint density at radius 2 is 1.79 bits per heavy atom. The van der Waals surface area contributed by atoms with Crippen LogP contribution in [0.15, 0.2) is 30.3 Å². The van der Waals surface area contributed by atoms with Gasteiger partial charge in [-0.15, -0.1) is 0 Å². The summed E-state index contributed by atoms with van der Waals surface area (Å²) in [5.74, 6) is 1.95. The predicted molar refractivity (Wildman–Crippen MR) is 109 cm³/mol. The molecule has 0 aliphatic rings. The van der Waals surface area contributed by atoms with Crippen molar-refractivity contribution in [3.05, 3.63) is 46.5 Å². The minimum absolute atomic E-state index is 0.216. The molecule has 1 amide bonds. The van der Waals surface area contributed by atoms with Crippen molar-refractivity contribution >= 4 is 17.5 Å². The van der Waals surface area contributed by atoms with Gasteiger partial charge in [0.05, 0.1) is 21.3 Å². The maximum atomic E-state index is 12.6. The summed E-state index contributed by atoms with van der Waals surface area (Å²) >= 11 is 6.04. The number of amides is 1. The van der Waals surface area contributed by atoms with Gasteiger partial charge in [0.25, 0.3) is 5.91 Å². The van der Waals surface area contributed by atoms with E-state index in [1.54, 1.807) is 32.4 Å². The quantitative estimate of drug-likeness (QED) is 0.676. The molecular weight excluding hydrogens is 382 g/mol. The lowest BCUT2D eigenvalue weighted by molar-refractivity contribution is -0.128. The van der Waals surface area contributed by atoms with Gasteiger partial charge < -0.3 is 24.3 Å². The molecule has 0 saturated carbocycles. The van der Waals surface area contributed by atoms with Crippen LogP contribution in [-0.4, -0.2) is 33.3 Å². The van der Waals surface area contributed by atoms with Crippen LogP contribution < -0.4 is 24.3 Å². The molecule has 0 heterocycles. The molecule has 1 N–H and O–H groups in total. The molecule has 0 fully saturated rings. The van der Waals surface area contributed by atoms with Crippen LogP contribution in [0.1, 0.15) is 24.5 Å². The maximum absolute atomic E-state index is 12.6. The van der Waals surface area contributed by atoms with Gasteiger partial charge in [0.2, 0.25) is 5.75 Å². The molecule has 2 aromatic rings. The molecule has 2 rings (SSSR count). The molecular formula is C21H26ClNO5. The lowest BCUT2D eigenvalue weighted by Crippen LogP contribution is -2.37. The second kappa shape index (κ2) is 10.1. The summed E-state index contributed by atoms with van der Waals surface area (Å²) in [5.41, 5.74) is 1.66. The molecule has 0 unspecified atom stereocenters. The van der Waals surface area contributed by atoms with Crippen molar-refractivity contribution in [2.45, 2.75) is 32.9 Å². The first-order valence-corrected chi connectivity index (χ1v) is 9.31. The van der Waals surface area contributed by atoms with Gasteiger partial charge in [-0.05, 0) is 49.2 Å². The van der Waals surface area contributed by atoms with Crippen LogP contribution in [0, 0.1) is 6.92 Å². The van der Waals surface area contributed by atoms with Gasteiger partial charge >= 0.3 is 0 Å². The van der Waals surface area contributed by atoms with E-state index in [4.69, 9.17) is 30.5 Å². The molecule has 0 bridgehead atoms. The van der Waals surface area contributed by atoms with Crippen LogP contribution >= 0.6 is 11.6 Å². The molecule has 1 atom stereocenters. The Morgan fingerprint density at radius 1 is 1.07 bits per heavy atom. The zero-order valence-corrected chi connectivity index (χ0v) is 17.6. The minimum atomic E-state index is -0.619. The van der Waals surface area contributed by atoms with E-state index in [9.17, 15) is 4.79 Å². The van der Waals surface area contributed by atoms with Crippen LogP contribution in [0.2, 0.25) is 5.02 Å².